The first-order valence-corrected chi connectivity index (χ1v) is 5.77. The van der Waals surface area contributed by atoms with Crippen molar-refractivity contribution in [2.45, 2.75) is 26.3 Å². The second kappa shape index (κ2) is 4.98. The van der Waals surface area contributed by atoms with Gasteiger partial charge in [-0.25, -0.2) is 4.68 Å². The van der Waals surface area contributed by atoms with Crippen LogP contribution in [0.4, 0.5) is 0 Å². The van der Waals surface area contributed by atoms with Gasteiger partial charge in [0.2, 0.25) is 0 Å². The van der Waals surface area contributed by atoms with Gasteiger partial charge in [-0.3, -0.25) is 0 Å². The lowest BCUT2D eigenvalue weighted by Crippen LogP contribution is -2.08. The molecule has 0 amide bonds. The van der Waals surface area contributed by atoms with Crippen molar-refractivity contribution >= 4 is 0 Å². The van der Waals surface area contributed by atoms with Crippen LogP contribution in [0.15, 0.2) is 24.3 Å². The molecule has 0 spiro atoms. The second-order valence-electron chi connectivity index (χ2n) is 4.26. The highest BCUT2D eigenvalue weighted by molar-refractivity contribution is 5.36. The molecule has 0 aliphatic heterocycles. The van der Waals surface area contributed by atoms with Crippen molar-refractivity contribution in [1.82, 2.24) is 15.0 Å². The Morgan fingerprint density at radius 1 is 1.39 bits per heavy atom. The molecule has 1 atom stereocenters. The maximum atomic E-state index is 8.62. The molecule has 1 heterocycles. The molecule has 5 heteroatoms. The zero-order valence-corrected chi connectivity index (χ0v) is 10.5. The molecule has 0 radical (unpaired) electrons. The Hall–Kier alpha value is -2.19. The molecule has 0 fully saturated rings. The summed E-state index contributed by atoms with van der Waals surface area (Å²) in [6.07, 6.45) is 0.418. The number of nitriles is 1. The summed E-state index contributed by atoms with van der Waals surface area (Å²) in [4.78, 5) is 0. The summed E-state index contributed by atoms with van der Waals surface area (Å²) in [6, 6.07) is 9.70. The molecule has 1 aromatic heterocycles. The zero-order valence-electron chi connectivity index (χ0n) is 10.5. The lowest BCUT2D eigenvalue weighted by atomic mass is 10.1. The third kappa shape index (κ3) is 2.24. The molecular weight excluding hydrogens is 226 g/mol. The Morgan fingerprint density at radius 2 is 2.06 bits per heavy atom. The molecule has 0 saturated heterocycles. The van der Waals surface area contributed by atoms with Crippen molar-refractivity contribution in [2.24, 2.45) is 5.73 Å². The Morgan fingerprint density at radius 3 is 2.56 bits per heavy atom. The largest absolute Gasteiger partial charge is 0.323 e. The van der Waals surface area contributed by atoms with E-state index in [2.05, 4.69) is 16.4 Å². The topological polar surface area (TPSA) is 80.5 Å². The van der Waals surface area contributed by atoms with Crippen LogP contribution in [0.25, 0.3) is 5.69 Å². The smallest absolute Gasteiger partial charge is 0.102 e. The SMILES string of the molecule is Cc1c(C(C)N)nnn1-c1ccc(CC#N)cc1. The summed E-state index contributed by atoms with van der Waals surface area (Å²) in [5.41, 5.74) is 9.48. The van der Waals surface area contributed by atoms with E-state index in [1.807, 2.05) is 38.1 Å². The van der Waals surface area contributed by atoms with Gasteiger partial charge in [0, 0.05) is 6.04 Å². The predicted octanol–water partition coefficient (Wildman–Crippen LogP) is 1.66. The van der Waals surface area contributed by atoms with Crippen LogP contribution < -0.4 is 5.73 Å². The van der Waals surface area contributed by atoms with Crippen LogP contribution in [-0.2, 0) is 6.42 Å². The quantitative estimate of drug-likeness (QED) is 0.886. The van der Waals surface area contributed by atoms with Crippen molar-refractivity contribution in [2.75, 3.05) is 0 Å². The number of hydrogen-bond acceptors (Lipinski definition) is 4. The number of hydrogen-bond donors (Lipinski definition) is 1. The molecule has 5 nitrogen and oxygen atoms in total. The minimum absolute atomic E-state index is 0.128. The van der Waals surface area contributed by atoms with Crippen LogP contribution in [0.5, 0.6) is 0 Å². The van der Waals surface area contributed by atoms with Gasteiger partial charge in [-0.1, -0.05) is 17.3 Å². The number of nitrogens with zero attached hydrogens (tertiary/aromatic N) is 4. The molecule has 2 N–H and O–H groups in total. The van der Waals surface area contributed by atoms with Crippen LogP contribution in [0.2, 0.25) is 0 Å². The van der Waals surface area contributed by atoms with Crippen LogP contribution in [0, 0.1) is 18.3 Å². The molecular formula is C13H15N5. The van der Waals surface area contributed by atoms with E-state index in [1.54, 1.807) is 4.68 Å². The predicted molar refractivity (Wildman–Crippen MR) is 68.0 cm³/mol. The number of rotatable bonds is 3. The Balaban J connectivity index is 2.35. The van der Waals surface area contributed by atoms with Gasteiger partial charge < -0.3 is 5.73 Å². The first-order chi connectivity index (χ1) is 8.63. The van der Waals surface area contributed by atoms with Crippen LogP contribution in [0.1, 0.15) is 29.9 Å². The normalized spacial score (nSPS) is 12.1. The van der Waals surface area contributed by atoms with Crippen molar-refractivity contribution in [3.05, 3.63) is 41.2 Å². The zero-order chi connectivity index (χ0) is 13.1. The van der Waals surface area contributed by atoms with E-state index in [9.17, 15) is 0 Å². The lowest BCUT2D eigenvalue weighted by Gasteiger charge is -2.05. The Labute approximate surface area is 106 Å². The van der Waals surface area contributed by atoms with Gasteiger partial charge in [-0.15, -0.1) is 5.10 Å². The van der Waals surface area contributed by atoms with Gasteiger partial charge in [-0.2, -0.15) is 5.26 Å². The summed E-state index contributed by atoms with van der Waals surface area (Å²) >= 11 is 0. The van der Waals surface area contributed by atoms with E-state index in [4.69, 9.17) is 11.0 Å². The fourth-order valence-electron chi connectivity index (χ4n) is 1.85. The van der Waals surface area contributed by atoms with E-state index in [1.165, 1.54) is 0 Å². The highest BCUT2D eigenvalue weighted by Crippen LogP contribution is 2.16. The molecule has 0 aliphatic carbocycles. The maximum absolute atomic E-state index is 8.62. The summed E-state index contributed by atoms with van der Waals surface area (Å²) < 4.78 is 1.76. The number of aromatic nitrogens is 3. The van der Waals surface area contributed by atoms with Crippen molar-refractivity contribution < 1.29 is 0 Å². The van der Waals surface area contributed by atoms with Gasteiger partial charge in [0.15, 0.2) is 0 Å². The standard InChI is InChI=1S/C13H15N5/c1-9(15)13-10(2)18(17-16-13)12-5-3-11(4-6-12)7-8-14/h3-6,9H,7,15H2,1-2H3. The summed E-state index contributed by atoms with van der Waals surface area (Å²) in [5, 5.41) is 16.8. The van der Waals surface area contributed by atoms with Crippen molar-refractivity contribution in [3.63, 3.8) is 0 Å². The molecule has 18 heavy (non-hydrogen) atoms. The first-order valence-electron chi connectivity index (χ1n) is 5.77. The summed E-state index contributed by atoms with van der Waals surface area (Å²) in [7, 11) is 0. The monoisotopic (exact) mass is 241 g/mol. The Kier molecular flexibility index (Phi) is 3.40. The molecule has 1 unspecified atom stereocenters. The molecule has 2 aromatic rings. The van der Waals surface area contributed by atoms with E-state index < -0.39 is 0 Å². The average Bonchev–Trinajstić information content (AvgIpc) is 2.73. The molecule has 0 saturated carbocycles. The maximum Gasteiger partial charge on any atom is 0.102 e. The Bertz CT molecular complexity index is 574. The third-order valence-electron chi connectivity index (χ3n) is 2.83. The number of nitrogens with two attached hydrogens (primary N) is 1. The minimum Gasteiger partial charge on any atom is -0.323 e. The van der Waals surface area contributed by atoms with E-state index in [-0.39, 0.29) is 6.04 Å². The van der Waals surface area contributed by atoms with Gasteiger partial charge in [0.25, 0.3) is 0 Å². The average molecular weight is 241 g/mol. The summed E-state index contributed by atoms with van der Waals surface area (Å²) in [6.45, 7) is 3.83. The fourth-order valence-corrected chi connectivity index (χ4v) is 1.85. The fraction of sp³-hybridized carbons (Fsp3) is 0.308. The van der Waals surface area contributed by atoms with E-state index >= 15 is 0 Å². The van der Waals surface area contributed by atoms with Crippen LogP contribution >= 0.6 is 0 Å². The van der Waals surface area contributed by atoms with Crippen LogP contribution in [0.3, 0.4) is 0 Å². The molecule has 92 valence electrons. The highest BCUT2D eigenvalue weighted by atomic mass is 15.4. The molecule has 1 aromatic carbocycles. The van der Waals surface area contributed by atoms with E-state index in [0.717, 1.165) is 22.6 Å². The van der Waals surface area contributed by atoms with E-state index in [0.29, 0.717) is 6.42 Å². The van der Waals surface area contributed by atoms with Gasteiger partial charge >= 0.3 is 0 Å². The minimum atomic E-state index is -0.128. The van der Waals surface area contributed by atoms with Gasteiger partial charge in [0.05, 0.1) is 23.9 Å². The van der Waals surface area contributed by atoms with Crippen molar-refractivity contribution in [3.8, 4) is 11.8 Å². The summed E-state index contributed by atoms with van der Waals surface area (Å²) in [5.74, 6) is 0. The highest BCUT2D eigenvalue weighted by Gasteiger charge is 2.12. The van der Waals surface area contributed by atoms with Gasteiger partial charge in [-0.05, 0) is 31.5 Å². The molecule has 2 rings (SSSR count). The second-order valence-corrected chi connectivity index (χ2v) is 4.26. The number of benzene rings is 1. The molecule has 0 aliphatic rings. The lowest BCUT2D eigenvalue weighted by molar-refractivity contribution is 0.756. The third-order valence-corrected chi connectivity index (χ3v) is 2.83. The van der Waals surface area contributed by atoms with Crippen molar-refractivity contribution in [1.29, 1.82) is 5.26 Å². The van der Waals surface area contributed by atoms with Gasteiger partial charge in [0.1, 0.15) is 5.69 Å². The molecule has 0 bridgehead atoms. The van der Waals surface area contributed by atoms with Crippen LogP contribution in [-0.4, -0.2) is 15.0 Å². The first kappa shape index (κ1) is 12.3.